The van der Waals surface area contributed by atoms with Crippen LogP contribution >= 0.6 is 11.3 Å². The first-order valence-corrected chi connectivity index (χ1v) is 10.5. The summed E-state index contributed by atoms with van der Waals surface area (Å²) in [5.74, 6) is 1.05. The van der Waals surface area contributed by atoms with E-state index >= 15 is 0 Å². The van der Waals surface area contributed by atoms with Crippen molar-refractivity contribution in [1.82, 2.24) is 15.5 Å². The summed E-state index contributed by atoms with van der Waals surface area (Å²) < 4.78 is 0. The molecule has 0 saturated carbocycles. The number of aliphatic imine (C=N–C) groups is 1. The number of thiophene rings is 1. The summed E-state index contributed by atoms with van der Waals surface area (Å²) in [5, 5.41) is 8.67. The first-order valence-electron chi connectivity index (χ1n) is 9.59. The van der Waals surface area contributed by atoms with E-state index in [0.29, 0.717) is 13.0 Å². The van der Waals surface area contributed by atoms with E-state index in [1.54, 1.807) is 11.3 Å². The van der Waals surface area contributed by atoms with Crippen molar-refractivity contribution in [2.75, 3.05) is 26.2 Å². The molecule has 1 aliphatic rings. The Labute approximate surface area is 155 Å². The zero-order valence-corrected chi connectivity index (χ0v) is 16.5. The van der Waals surface area contributed by atoms with Gasteiger partial charge in [-0.2, -0.15) is 0 Å². The zero-order valence-electron chi connectivity index (χ0n) is 15.6. The van der Waals surface area contributed by atoms with Gasteiger partial charge in [-0.3, -0.25) is 9.79 Å². The van der Waals surface area contributed by atoms with Gasteiger partial charge in [0.1, 0.15) is 0 Å². The van der Waals surface area contributed by atoms with Crippen LogP contribution < -0.4 is 10.6 Å². The van der Waals surface area contributed by atoms with Gasteiger partial charge < -0.3 is 15.5 Å². The number of hydrogen-bond donors (Lipinski definition) is 2. The molecule has 1 amide bonds. The van der Waals surface area contributed by atoms with Gasteiger partial charge in [0.05, 0.1) is 0 Å². The van der Waals surface area contributed by atoms with E-state index in [9.17, 15) is 4.79 Å². The minimum absolute atomic E-state index is 0.225. The Kier molecular flexibility index (Phi) is 8.80. The highest BCUT2D eigenvalue weighted by atomic mass is 32.1. The number of unbranched alkanes of at least 4 members (excludes halogenated alkanes) is 3. The molecule has 1 aromatic rings. The highest BCUT2D eigenvalue weighted by Gasteiger charge is 2.20. The van der Waals surface area contributed by atoms with Crippen molar-refractivity contribution in [2.24, 2.45) is 4.99 Å². The molecule has 0 aromatic carbocycles. The fourth-order valence-corrected chi connectivity index (χ4v) is 3.87. The smallest absolute Gasteiger partial charge is 0.224 e. The summed E-state index contributed by atoms with van der Waals surface area (Å²) in [6, 6.07) is 2.15. The van der Waals surface area contributed by atoms with Crippen molar-refractivity contribution in [1.29, 1.82) is 0 Å². The monoisotopic (exact) mass is 364 g/mol. The minimum atomic E-state index is 0.225. The number of nitrogens with one attached hydrogen (secondary N) is 2. The van der Waals surface area contributed by atoms with Gasteiger partial charge in [0.15, 0.2) is 5.96 Å². The lowest BCUT2D eigenvalue weighted by molar-refractivity contribution is -0.131. The van der Waals surface area contributed by atoms with Crippen LogP contribution in [-0.2, 0) is 17.8 Å². The Balaban J connectivity index is 1.70. The topological polar surface area (TPSA) is 56.7 Å². The van der Waals surface area contributed by atoms with Crippen molar-refractivity contribution in [3.63, 3.8) is 0 Å². The summed E-state index contributed by atoms with van der Waals surface area (Å²) in [4.78, 5) is 20.4. The summed E-state index contributed by atoms with van der Waals surface area (Å²) in [5.41, 5.74) is 1.32. The molecule has 5 nitrogen and oxygen atoms in total. The van der Waals surface area contributed by atoms with E-state index in [-0.39, 0.29) is 5.91 Å². The average molecular weight is 365 g/mol. The number of guanidine groups is 1. The first-order chi connectivity index (χ1) is 12.2. The molecular formula is C19H32N4OS. The van der Waals surface area contributed by atoms with Crippen LogP contribution in [0.15, 0.2) is 16.4 Å². The van der Waals surface area contributed by atoms with Gasteiger partial charge in [-0.15, -0.1) is 11.3 Å². The van der Waals surface area contributed by atoms with Gasteiger partial charge in [0.25, 0.3) is 0 Å². The van der Waals surface area contributed by atoms with E-state index in [1.807, 2.05) is 4.90 Å². The fraction of sp³-hybridized carbons (Fsp3) is 0.684. The average Bonchev–Trinajstić information content (AvgIpc) is 3.09. The maximum absolute atomic E-state index is 12.4. The molecule has 0 unspecified atom stereocenters. The predicted molar refractivity (Wildman–Crippen MR) is 106 cm³/mol. The van der Waals surface area contributed by atoms with Crippen LogP contribution in [-0.4, -0.2) is 42.9 Å². The van der Waals surface area contributed by atoms with Gasteiger partial charge in [-0.1, -0.05) is 26.2 Å². The van der Waals surface area contributed by atoms with Crippen molar-refractivity contribution in [2.45, 2.75) is 58.9 Å². The molecule has 25 heavy (non-hydrogen) atoms. The fourth-order valence-electron chi connectivity index (χ4n) is 2.98. The molecule has 1 aromatic heterocycles. The molecule has 2 heterocycles. The predicted octanol–water partition coefficient (Wildman–Crippen LogP) is 3.16. The molecule has 2 N–H and O–H groups in total. The summed E-state index contributed by atoms with van der Waals surface area (Å²) in [7, 11) is 0. The normalized spacial score (nSPS) is 14.3. The third kappa shape index (κ3) is 6.69. The molecule has 2 rings (SSSR count). The number of carbonyl (C=O) groups is 1. The lowest BCUT2D eigenvalue weighted by atomic mass is 10.1. The van der Waals surface area contributed by atoms with Crippen molar-refractivity contribution in [3.05, 3.63) is 21.9 Å². The van der Waals surface area contributed by atoms with Gasteiger partial charge in [0.2, 0.25) is 5.91 Å². The summed E-state index contributed by atoms with van der Waals surface area (Å²) in [6.07, 6.45) is 6.38. The highest BCUT2D eigenvalue weighted by molar-refractivity contribution is 7.10. The minimum Gasteiger partial charge on any atom is -0.357 e. The Morgan fingerprint density at radius 3 is 2.96 bits per heavy atom. The molecule has 0 saturated heterocycles. The van der Waals surface area contributed by atoms with Crippen LogP contribution in [0, 0.1) is 0 Å². The molecular weight excluding hydrogens is 332 g/mol. The van der Waals surface area contributed by atoms with E-state index in [2.05, 4.69) is 40.9 Å². The second-order valence-electron chi connectivity index (χ2n) is 6.43. The van der Waals surface area contributed by atoms with E-state index < -0.39 is 0 Å². The van der Waals surface area contributed by atoms with Crippen molar-refractivity contribution < 1.29 is 4.79 Å². The van der Waals surface area contributed by atoms with Crippen LogP contribution in [0.3, 0.4) is 0 Å². The quantitative estimate of drug-likeness (QED) is 0.402. The molecule has 0 radical (unpaired) electrons. The lowest BCUT2D eigenvalue weighted by Gasteiger charge is -2.27. The Bertz CT molecular complexity index is 555. The molecule has 0 bridgehead atoms. The number of carbonyl (C=O) groups excluding carboxylic acids is 1. The molecule has 1 aliphatic heterocycles. The Morgan fingerprint density at radius 1 is 1.28 bits per heavy atom. The third-order valence-electron chi connectivity index (χ3n) is 4.42. The van der Waals surface area contributed by atoms with Crippen LogP contribution in [0.4, 0.5) is 0 Å². The number of nitrogens with zero attached hydrogens (tertiary/aromatic N) is 2. The van der Waals surface area contributed by atoms with E-state index in [4.69, 9.17) is 0 Å². The number of rotatable bonds is 9. The number of amides is 1. The second-order valence-corrected chi connectivity index (χ2v) is 7.43. The second kappa shape index (κ2) is 11.1. The number of hydrogen-bond acceptors (Lipinski definition) is 3. The van der Waals surface area contributed by atoms with Crippen LogP contribution in [0.5, 0.6) is 0 Å². The zero-order chi connectivity index (χ0) is 17.9. The molecule has 140 valence electrons. The number of fused-ring (bicyclic) bond motifs is 1. The molecule has 0 spiro atoms. The maximum Gasteiger partial charge on any atom is 0.224 e. The molecule has 6 heteroatoms. The molecule has 0 atom stereocenters. The summed E-state index contributed by atoms with van der Waals surface area (Å²) in [6.45, 7) is 8.20. The van der Waals surface area contributed by atoms with Gasteiger partial charge in [-0.05, 0) is 36.8 Å². The van der Waals surface area contributed by atoms with Gasteiger partial charge in [0, 0.05) is 44.0 Å². The Morgan fingerprint density at radius 2 is 2.16 bits per heavy atom. The SMILES string of the molecule is CCCCCCN=C(NCC)NCCC(=O)N1CCc2sccc2C1. The van der Waals surface area contributed by atoms with Crippen molar-refractivity contribution in [3.8, 4) is 0 Å². The largest absolute Gasteiger partial charge is 0.357 e. The highest BCUT2D eigenvalue weighted by Crippen LogP contribution is 2.24. The third-order valence-corrected chi connectivity index (χ3v) is 5.44. The maximum atomic E-state index is 12.4. The van der Waals surface area contributed by atoms with E-state index in [0.717, 1.165) is 45.0 Å². The van der Waals surface area contributed by atoms with Crippen LogP contribution in [0.1, 0.15) is 56.4 Å². The van der Waals surface area contributed by atoms with Gasteiger partial charge in [-0.25, -0.2) is 0 Å². The van der Waals surface area contributed by atoms with Crippen molar-refractivity contribution >= 4 is 23.2 Å². The standard InChI is InChI=1S/C19H32N4OS/c1-3-5-6-7-11-21-19(20-4-2)22-12-8-18(24)23-13-9-17-16(15-23)10-14-25-17/h10,14H,3-9,11-13,15H2,1-2H3,(H2,20,21,22). The van der Waals surface area contributed by atoms with Crippen LogP contribution in [0.25, 0.3) is 0 Å². The Hall–Kier alpha value is -1.56. The first kappa shape index (κ1) is 19.8. The van der Waals surface area contributed by atoms with Gasteiger partial charge >= 0.3 is 0 Å². The van der Waals surface area contributed by atoms with Crippen LogP contribution in [0.2, 0.25) is 0 Å². The molecule has 0 aliphatic carbocycles. The van der Waals surface area contributed by atoms with E-state index in [1.165, 1.54) is 29.7 Å². The summed E-state index contributed by atoms with van der Waals surface area (Å²) >= 11 is 1.80. The molecule has 0 fully saturated rings. The lowest BCUT2D eigenvalue weighted by Crippen LogP contribution is -2.41.